The molecule has 20 heavy (non-hydrogen) atoms. The van der Waals surface area contributed by atoms with Gasteiger partial charge in [-0.2, -0.15) is 5.10 Å². The Labute approximate surface area is 120 Å². The summed E-state index contributed by atoms with van der Waals surface area (Å²) in [7, 11) is 0. The summed E-state index contributed by atoms with van der Waals surface area (Å²) in [5.74, 6) is 0.629. The molecule has 0 atom stereocenters. The van der Waals surface area contributed by atoms with Gasteiger partial charge >= 0.3 is 0 Å². The van der Waals surface area contributed by atoms with Crippen molar-refractivity contribution in [2.24, 2.45) is 5.92 Å². The number of nitrogens with zero attached hydrogens (tertiary/aromatic N) is 3. The normalized spacial score (nSPS) is 12.1. The Balaban J connectivity index is 2.12. The monoisotopic (exact) mass is 273 g/mol. The van der Waals surface area contributed by atoms with Crippen molar-refractivity contribution in [1.82, 2.24) is 14.8 Å². The van der Waals surface area contributed by atoms with Gasteiger partial charge in [-0.15, -0.1) is 0 Å². The highest BCUT2D eigenvalue weighted by Crippen LogP contribution is 2.17. The number of aliphatic hydroxyl groups is 1. The van der Waals surface area contributed by atoms with Crippen LogP contribution in [-0.2, 0) is 18.6 Å². The van der Waals surface area contributed by atoms with Crippen molar-refractivity contribution in [3.8, 4) is 0 Å². The van der Waals surface area contributed by atoms with Crippen LogP contribution in [0.5, 0.6) is 0 Å². The average molecular weight is 273 g/mol. The van der Waals surface area contributed by atoms with Gasteiger partial charge in [0.2, 0.25) is 0 Å². The number of rotatable bonds is 5. The predicted molar refractivity (Wildman–Crippen MR) is 79.4 cm³/mol. The molecule has 0 fully saturated rings. The molecule has 108 valence electrons. The van der Waals surface area contributed by atoms with Crippen molar-refractivity contribution < 1.29 is 5.11 Å². The van der Waals surface area contributed by atoms with Crippen molar-refractivity contribution >= 4 is 0 Å². The van der Waals surface area contributed by atoms with Crippen LogP contribution in [0.2, 0.25) is 0 Å². The van der Waals surface area contributed by atoms with E-state index in [0.717, 1.165) is 12.1 Å². The van der Waals surface area contributed by atoms with Gasteiger partial charge in [0.25, 0.3) is 0 Å². The fourth-order valence-corrected chi connectivity index (χ4v) is 2.14. The predicted octanol–water partition coefficient (Wildman–Crippen LogP) is 2.75. The Morgan fingerprint density at radius 3 is 2.70 bits per heavy atom. The Morgan fingerprint density at radius 1 is 1.30 bits per heavy atom. The molecule has 0 saturated carbocycles. The maximum Gasteiger partial charge on any atom is 0.101 e. The van der Waals surface area contributed by atoms with Gasteiger partial charge in [0.05, 0.1) is 24.1 Å². The molecule has 4 nitrogen and oxygen atoms in total. The maximum atomic E-state index is 10.00. The molecule has 0 radical (unpaired) electrons. The molecule has 0 aliphatic carbocycles. The van der Waals surface area contributed by atoms with Crippen LogP contribution in [0, 0.1) is 5.92 Å². The van der Waals surface area contributed by atoms with E-state index in [2.05, 4.69) is 30.1 Å². The van der Waals surface area contributed by atoms with Crippen LogP contribution in [0.1, 0.15) is 44.6 Å². The minimum Gasteiger partial charge on any atom is -0.384 e. The van der Waals surface area contributed by atoms with Gasteiger partial charge in [-0.1, -0.05) is 19.9 Å². The Hall–Kier alpha value is -1.68. The highest BCUT2D eigenvalue weighted by atomic mass is 16.3. The summed E-state index contributed by atoms with van der Waals surface area (Å²) in [6, 6.07) is 5.73. The lowest BCUT2D eigenvalue weighted by molar-refractivity contribution is 0.0736. The zero-order valence-corrected chi connectivity index (χ0v) is 12.7. The van der Waals surface area contributed by atoms with E-state index in [1.807, 2.05) is 29.1 Å². The molecule has 0 unspecified atom stereocenters. The number of hydrogen-bond donors (Lipinski definition) is 1. The number of aromatic nitrogens is 3. The average Bonchev–Trinajstić information content (AvgIpc) is 2.75. The molecule has 0 bridgehead atoms. The summed E-state index contributed by atoms with van der Waals surface area (Å²) < 4.78 is 1.90. The van der Waals surface area contributed by atoms with Crippen LogP contribution < -0.4 is 0 Å². The largest absolute Gasteiger partial charge is 0.384 e. The van der Waals surface area contributed by atoms with E-state index in [0.29, 0.717) is 18.2 Å². The first kappa shape index (κ1) is 14.7. The highest BCUT2D eigenvalue weighted by molar-refractivity contribution is 5.16. The molecule has 2 aromatic rings. The lowest BCUT2D eigenvalue weighted by Crippen LogP contribution is -2.18. The zero-order valence-electron chi connectivity index (χ0n) is 12.7. The van der Waals surface area contributed by atoms with Gasteiger partial charge in [0, 0.05) is 6.20 Å². The van der Waals surface area contributed by atoms with E-state index in [9.17, 15) is 5.11 Å². The van der Waals surface area contributed by atoms with E-state index >= 15 is 0 Å². The van der Waals surface area contributed by atoms with Crippen LogP contribution in [0.3, 0.4) is 0 Å². The Morgan fingerprint density at radius 2 is 2.05 bits per heavy atom. The molecule has 2 heterocycles. The summed E-state index contributed by atoms with van der Waals surface area (Å²) in [5, 5.41) is 14.4. The minimum absolute atomic E-state index is 0.627. The fraction of sp³-hybridized carbons (Fsp3) is 0.500. The van der Waals surface area contributed by atoms with Crippen LogP contribution in [0.15, 0.2) is 30.6 Å². The van der Waals surface area contributed by atoms with E-state index in [-0.39, 0.29) is 0 Å². The van der Waals surface area contributed by atoms with Gasteiger partial charge in [0.15, 0.2) is 0 Å². The van der Waals surface area contributed by atoms with Crippen molar-refractivity contribution in [3.05, 3.63) is 47.5 Å². The highest BCUT2D eigenvalue weighted by Gasteiger charge is 2.17. The number of pyridine rings is 1. The molecule has 2 rings (SSSR count). The minimum atomic E-state index is -0.914. The molecule has 0 aromatic carbocycles. The van der Waals surface area contributed by atoms with Crippen LogP contribution >= 0.6 is 0 Å². The molecule has 0 aliphatic rings. The second-order valence-electron chi connectivity index (χ2n) is 6.22. The lowest BCUT2D eigenvalue weighted by Gasteiger charge is -2.17. The fourth-order valence-electron chi connectivity index (χ4n) is 2.14. The van der Waals surface area contributed by atoms with E-state index in [1.54, 1.807) is 13.8 Å². The summed E-state index contributed by atoms with van der Waals surface area (Å²) in [5.41, 5.74) is 1.93. The van der Waals surface area contributed by atoms with Gasteiger partial charge in [0.1, 0.15) is 5.60 Å². The summed E-state index contributed by atoms with van der Waals surface area (Å²) in [6.45, 7) is 8.51. The second-order valence-corrected chi connectivity index (χ2v) is 6.22. The molecular weight excluding hydrogens is 250 g/mol. The van der Waals surface area contributed by atoms with E-state index in [1.165, 1.54) is 5.56 Å². The van der Waals surface area contributed by atoms with Gasteiger partial charge in [-0.3, -0.25) is 9.67 Å². The molecule has 4 heteroatoms. The third kappa shape index (κ3) is 3.90. The topological polar surface area (TPSA) is 50.9 Å². The maximum absolute atomic E-state index is 10.00. The smallest absolute Gasteiger partial charge is 0.101 e. The lowest BCUT2D eigenvalue weighted by atomic mass is 10.0. The summed E-state index contributed by atoms with van der Waals surface area (Å²) in [6.07, 6.45) is 5.02. The van der Waals surface area contributed by atoms with Crippen LogP contribution in [-0.4, -0.2) is 19.9 Å². The molecule has 2 aromatic heterocycles. The second kappa shape index (κ2) is 5.75. The van der Waals surface area contributed by atoms with Crippen molar-refractivity contribution in [1.29, 1.82) is 0 Å². The zero-order chi connectivity index (χ0) is 14.8. The van der Waals surface area contributed by atoms with Gasteiger partial charge in [-0.25, -0.2) is 0 Å². The molecule has 0 amide bonds. The first-order valence-electron chi connectivity index (χ1n) is 7.04. The van der Waals surface area contributed by atoms with Gasteiger partial charge in [-0.05, 0) is 43.9 Å². The van der Waals surface area contributed by atoms with E-state index in [4.69, 9.17) is 0 Å². The van der Waals surface area contributed by atoms with Crippen LogP contribution in [0.4, 0.5) is 0 Å². The van der Waals surface area contributed by atoms with Gasteiger partial charge < -0.3 is 5.11 Å². The molecule has 1 N–H and O–H groups in total. The summed E-state index contributed by atoms with van der Waals surface area (Å²) >= 11 is 0. The Bertz CT molecular complexity index is 567. The number of hydrogen-bond acceptors (Lipinski definition) is 3. The quantitative estimate of drug-likeness (QED) is 0.911. The Kier molecular flexibility index (Phi) is 4.23. The van der Waals surface area contributed by atoms with Crippen molar-refractivity contribution in [2.75, 3.05) is 0 Å². The van der Waals surface area contributed by atoms with Crippen molar-refractivity contribution in [2.45, 2.75) is 46.3 Å². The first-order chi connectivity index (χ1) is 9.34. The summed E-state index contributed by atoms with van der Waals surface area (Å²) in [4.78, 5) is 4.50. The molecule has 0 saturated heterocycles. The molecule has 0 aliphatic heterocycles. The van der Waals surface area contributed by atoms with E-state index < -0.39 is 5.60 Å². The van der Waals surface area contributed by atoms with Crippen LogP contribution in [0.25, 0.3) is 0 Å². The third-order valence-corrected chi connectivity index (χ3v) is 3.09. The third-order valence-electron chi connectivity index (χ3n) is 3.09. The SMILES string of the molecule is CC(C)Cc1cnn(Cc2cccc(C(C)(C)O)n2)c1. The first-order valence-corrected chi connectivity index (χ1v) is 7.04. The standard InChI is InChI=1S/C16H23N3O/c1-12(2)8-13-9-17-19(10-13)11-14-6-5-7-15(18-14)16(3,4)20/h5-7,9-10,12,20H,8,11H2,1-4H3. The molecule has 0 spiro atoms. The molecular formula is C16H23N3O. The van der Waals surface area contributed by atoms with Crippen molar-refractivity contribution in [3.63, 3.8) is 0 Å².